The first-order valence-corrected chi connectivity index (χ1v) is 4.27. The number of aliphatic hydroxyl groups excluding tert-OH is 1. The molecule has 0 spiro atoms. The summed E-state index contributed by atoms with van der Waals surface area (Å²) in [6.07, 6.45) is 0. The fourth-order valence-corrected chi connectivity index (χ4v) is 1.16. The molecule has 14 heavy (non-hydrogen) atoms. The molecule has 1 aromatic carbocycles. The summed E-state index contributed by atoms with van der Waals surface area (Å²) in [7, 11) is 0. The maximum atomic E-state index is 10.8. The lowest BCUT2D eigenvalue weighted by Crippen LogP contribution is -2.48. The lowest BCUT2D eigenvalue weighted by atomic mass is 9.92. The molecule has 1 unspecified atom stereocenters. The number of carboxylic acid groups (broad SMARTS) is 1. The van der Waals surface area contributed by atoms with Crippen LogP contribution in [-0.2, 0) is 10.3 Å². The zero-order chi connectivity index (χ0) is 10.8. The van der Waals surface area contributed by atoms with E-state index in [1.807, 2.05) is 0 Å². The molecule has 1 rings (SSSR count). The van der Waals surface area contributed by atoms with E-state index in [-0.39, 0.29) is 0 Å². The van der Waals surface area contributed by atoms with E-state index < -0.39 is 18.1 Å². The Labute approximate surface area is 85.9 Å². The smallest absolute Gasteiger partial charge is 0.330 e. The SMILES string of the molecule is NC(CO)(C(=O)O)c1ccc(Cl)cc1. The molecule has 4 N–H and O–H groups in total. The Kier molecular flexibility index (Phi) is 3.10. The summed E-state index contributed by atoms with van der Waals surface area (Å²) < 4.78 is 0. The van der Waals surface area contributed by atoms with Crippen LogP contribution in [0.1, 0.15) is 5.56 Å². The Hall–Kier alpha value is -1.10. The second kappa shape index (κ2) is 3.96. The lowest BCUT2D eigenvalue weighted by molar-refractivity contribution is -0.145. The second-order valence-corrected chi connectivity index (χ2v) is 3.38. The molecule has 1 atom stereocenters. The molecule has 0 radical (unpaired) electrons. The normalized spacial score (nSPS) is 14.8. The van der Waals surface area contributed by atoms with Crippen LogP contribution in [0.5, 0.6) is 0 Å². The number of carbonyl (C=O) groups is 1. The van der Waals surface area contributed by atoms with Crippen LogP contribution >= 0.6 is 11.6 Å². The van der Waals surface area contributed by atoms with E-state index in [4.69, 9.17) is 27.5 Å². The molecular weight excluding hydrogens is 206 g/mol. The third-order valence-electron chi connectivity index (χ3n) is 1.99. The van der Waals surface area contributed by atoms with Gasteiger partial charge < -0.3 is 15.9 Å². The molecule has 0 aliphatic heterocycles. The van der Waals surface area contributed by atoms with Gasteiger partial charge in [-0.15, -0.1) is 0 Å². The average molecular weight is 216 g/mol. The fourth-order valence-electron chi connectivity index (χ4n) is 1.03. The van der Waals surface area contributed by atoms with Gasteiger partial charge in [0.25, 0.3) is 0 Å². The minimum Gasteiger partial charge on any atom is -0.480 e. The van der Waals surface area contributed by atoms with Gasteiger partial charge in [-0.05, 0) is 17.7 Å². The Morgan fingerprint density at radius 2 is 1.93 bits per heavy atom. The van der Waals surface area contributed by atoms with Gasteiger partial charge in [-0.25, -0.2) is 4.79 Å². The van der Waals surface area contributed by atoms with Crippen LogP contribution in [0.3, 0.4) is 0 Å². The van der Waals surface area contributed by atoms with Gasteiger partial charge >= 0.3 is 5.97 Å². The molecule has 0 bridgehead atoms. The first kappa shape index (κ1) is 11.0. The minimum atomic E-state index is -1.76. The number of carboxylic acids is 1. The largest absolute Gasteiger partial charge is 0.480 e. The Morgan fingerprint density at radius 1 is 1.43 bits per heavy atom. The van der Waals surface area contributed by atoms with Crippen molar-refractivity contribution in [3.63, 3.8) is 0 Å². The minimum absolute atomic E-state index is 0.317. The first-order valence-electron chi connectivity index (χ1n) is 3.90. The number of halogens is 1. The van der Waals surface area contributed by atoms with E-state index in [1.54, 1.807) is 0 Å². The third-order valence-corrected chi connectivity index (χ3v) is 2.24. The monoisotopic (exact) mass is 215 g/mol. The molecule has 0 aliphatic carbocycles. The molecule has 0 heterocycles. The molecule has 0 aliphatic rings. The quantitative estimate of drug-likeness (QED) is 0.689. The van der Waals surface area contributed by atoms with Crippen LogP contribution in [0.4, 0.5) is 0 Å². The highest BCUT2D eigenvalue weighted by Crippen LogP contribution is 2.20. The summed E-state index contributed by atoms with van der Waals surface area (Å²) in [6, 6.07) is 6.01. The predicted octanol–water partition coefficient (Wildman–Crippen LogP) is 0.571. The molecule has 0 aromatic heterocycles. The number of rotatable bonds is 3. The second-order valence-electron chi connectivity index (χ2n) is 2.94. The van der Waals surface area contributed by atoms with E-state index in [0.717, 1.165) is 0 Å². The third kappa shape index (κ3) is 1.87. The zero-order valence-corrected chi connectivity index (χ0v) is 8.03. The van der Waals surface area contributed by atoms with E-state index in [9.17, 15) is 4.79 Å². The van der Waals surface area contributed by atoms with Crippen molar-refractivity contribution in [2.24, 2.45) is 5.73 Å². The van der Waals surface area contributed by atoms with Gasteiger partial charge in [-0.1, -0.05) is 23.7 Å². The summed E-state index contributed by atoms with van der Waals surface area (Å²) in [5.41, 5.74) is 4.08. The topological polar surface area (TPSA) is 83.5 Å². The van der Waals surface area contributed by atoms with Gasteiger partial charge in [-0.2, -0.15) is 0 Å². The Morgan fingerprint density at radius 3 is 2.29 bits per heavy atom. The van der Waals surface area contributed by atoms with Crippen LogP contribution in [0.2, 0.25) is 5.02 Å². The number of hydrogen-bond acceptors (Lipinski definition) is 3. The van der Waals surface area contributed by atoms with Gasteiger partial charge in [0.2, 0.25) is 0 Å². The number of aliphatic carboxylic acids is 1. The number of hydrogen-bond donors (Lipinski definition) is 3. The molecule has 0 saturated carbocycles. The number of nitrogens with two attached hydrogens (primary N) is 1. The van der Waals surface area contributed by atoms with Crippen LogP contribution < -0.4 is 5.73 Å². The highest BCUT2D eigenvalue weighted by Gasteiger charge is 2.35. The maximum Gasteiger partial charge on any atom is 0.330 e. The molecule has 1 aromatic rings. The zero-order valence-electron chi connectivity index (χ0n) is 7.27. The van der Waals surface area contributed by atoms with Gasteiger partial charge in [0.05, 0.1) is 6.61 Å². The Bertz CT molecular complexity index is 338. The van der Waals surface area contributed by atoms with E-state index >= 15 is 0 Å². The van der Waals surface area contributed by atoms with Gasteiger partial charge in [0.1, 0.15) is 0 Å². The van der Waals surface area contributed by atoms with Gasteiger partial charge in [0.15, 0.2) is 5.54 Å². The summed E-state index contributed by atoms with van der Waals surface area (Å²) in [6.45, 7) is -0.663. The summed E-state index contributed by atoms with van der Waals surface area (Å²) in [5, 5.41) is 18.3. The molecule has 0 saturated heterocycles. The molecular formula is C9H10ClNO3. The number of aliphatic hydroxyl groups is 1. The summed E-state index contributed by atoms with van der Waals surface area (Å²) in [5.74, 6) is -1.28. The van der Waals surface area contributed by atoms with E-state index in [0.29, 0.717) is 10.6 Å². The molecule has 0 fully saturated rings. The summed E-state index contributed by atoms with van der Waals surface area (Å²) in [4.78, 5) is 10.8. The van der Waals surface area contributed by atoms with Crippen LogP contribution in [-0.4, -0.2) is 22.8 Å². The molecule has 0 amide bonds. The highest BCUT2D eigenvalue weighted by atomic mass is 35.5. The van der Waals surface area contributed by atoms with Crippen molar-refractivity contribution in [3.05, 3.63) is 34.9 Å². The van der Waals surface area contributed by atoms with Crippen molar-refractivity contribution in [2.45, 2.75) is 5.54 Å². The number of benzene rings is 1. The first-order chi connectivity index (χ1) is 6.50. The van der Waals surface area contributed by atoms with Crippen molar-refractivity contribution in [1.29, 1.82) is 0 Å². The van der Waals surface area contributed by atoms with Crippen LogP contribution in [0, 0.1) is 0 Å². The van der Waals surface area contributed by atoms with Crippen molar-refractivity contribution in [2.75, 3.05) is 6.61 Å². The Balaban J connectivity index is 3.13. The molecule has 76 valence electrons. The molecule has 4 nitrogen and oxygen atoms in total. The van der Waals surface area contributed by atoms with Crippen molar-refractivity contribution < 1.29 is 15.0 Å². The fraction of sp³-hybridized carbons (Fsp3) is 0.222. The molecule has 5 heteroatoms. The standard InChI is InChI=1S/C9H10ClNO3/c10-7-3-1-6(2-4-7)9(11,5-12)8(13)14/h1-4,12H,5,11H2,(H,13,14). The summed E-state index contributed by atoms with van der Waals surface area (Å²) >= 11 is 5.63. The van der Waals surface area contributed by atoms with Crippen molar-refractivity contribution in [3.8, 4) is 0 Å². The van der Waals surface area contributed by atoms with Crippen molar-refractivity contribution >= 4 is 17.6 Å². The van der Waals surface area contributed by atoms with E-state index in [1.165, 1.54) is 24.3 Å². The highest BCUT2D eigenvalue weighted by molar-refractivity contribution is 6.30. The predicted molar refractivity (Wildman–Crippen MR) is 52.0 cm³/mol. The van der Waals surface area contributed by atoms with Crippen LogP contribution in [0.25, 0.3) is 0 Å². The van der Waals surface area contributed by atoms with Gasteiger partial charge in [0, 0.05) is 5.02 Å². The van der Waals surface area contributed by atoms with E-state index in [2.05, 4.69) is 0 Å². The van der Waals surface area contributed by atoms with Gasteiger partial charge in [-0.3, -0.25) is 0 Å². The van der Waals surface area contributed by atoms with Crippen LogP contribution in [0.15, 0.2) is 24.3 Å². The van der Waals surface area contributed by atoms with Crippen molar-refractivity contribution in [1.82, 2.24) is 0 Å². The average Bonchev–Trinajstić information content (AvgIpc) is 2.17. The maximum absolute atomic E-state index is 10.8. The lowest BCUT2D eigenvalue weighted by Gasteiger charge is -2.22.